The molecule has 1 fully saturated rings. The van der Waals surface area contributed by atoms with Crippen molar-refractivity contribution in [3.05, 3.63) is 344 Å². The summed E-state index contributed by atoms with van der Waals surface area (Å²) in [5.74, 6) is 0. The van der Waals surface area contributed by atoms with E-state index in [-0.39, 0.29) is 12.6 Å². The van der Waals surface area contributed by atoms with Crippen molar-refractivity contribution >= 4 is 93.1 Å². The van der Waals surface area contributed by atoms with Gasteiger partial charge in [0.2, 0.25) is 0 Å². The molecule has 1 saturated heterocycles. The Labute approximate surface area is 561 Å². The molecule has 0 saturated carbocycles. The zero-order valence-corrected chi connectivity index (χ0v) is 54.7. The van der Waals surface area contributed by atoms with Crippen molar-refractivity contribution in [3.8, 4) is 77.9 Å². The number of halogens is 1. The molecule has 0 atom stereocenters. The van der Waals surface area contributed by atoms with E-state index in [1.54, 1.807) is 0 Å². The van der Waals surface area contributed by atoms with Gasteiger partial charge in [-0.1, -0.05) is 331 Å². The highest BCUT2D eigenvalue weighted by molar-refractivity contribution is 9.10. The van der Waals surface area contributed by atoms with Gasteiger partial charge < -0.3 is 9.31 Å². The van der Waals surface area contributed by atoms with Gasteiger partial charge >= 0.3 is 7.12 Å². The van der Waals surface area contributed by atoms with Crippen molar-refractivity contribution < 1.29 is 10.7 Å². The first kappa shape index (κ1) is 59.8. The molecule has 0 N–H and O–H groups in total. The van der Waals surface area contributed by atoms with E-state index in [1.165, 1.54) is 143 Å². The maximum atomic E-state index is 6.42. The van der Waals surface area contributed by atoms with Crippen LogP contribution >= 0.6 is 15.9 Å². The van der Waals surface area contributed by atoms with E-state index in [0.29, 0.717) is 0 Å². The maximum absolute atomic E-state index is 6.42. The minimum absolute atomic E-state index is 0. The molecule has 0 bridgehead atoms. The van der Waals surface area contributed by atoms with Gasteiger partial charge in [-0.25, -0.2) is 0 Å². The molecule has 2 nitrogen and oxygen atoms in total. The molecule has 16 aromatic rings. The van der Waals surface area contributed by atoms with Crippen LogP contribution in [0.4, 0.5) is 0 Å². The first-order chi connectivity index (χ1) is 46.0. The first-order valence-corrected chi connectivity index (χ1v) is 33.2. The molecule has 0 amide bonds. The first-order valence-electron chi connectivity index (χ1n) is 32.4. The topological polar surface area (TPSA) is 18.5 Å². The Hall–Kier alpha value is -10.5. The van der Waals surface area contributed by atoms with E-state index < -0.39 is 7.12 Å². The molecule has 1 heterocycles. The molecule has 0 radical (unpaired) electrons. The summed E-state index contributed by atoms with van der Waals surface area (Å²) in [5.41, 5.74) is 17.7. The van der Waals surface area contributed by atoms with E-state index >= 15 is 0 Å². The third-order valence-corrected chi connectivity index (χ3v) is 19.8. The Kier molecular flexibility index (Phi) is 16.3. The lowest BCUT2D eigenvalue weighted by Crippen LogP contribution is -2.41. The Morgan fingerprint density at radius 3 is 1.00 bits per heavy atom. The van der Waals surface area contributed by atoms with E-state index in [9.17, 15) is 0 Å². The second kappa shape index (κ2) is 25.6. The predicted octanol–water partition coefficient (Wildman–Crippen LogP) is 25.0. The lowest BCUT2D eigenvalue weighted by atomic mass is 9.76. The van der Waals surface area contributed by atoms with Gasteiger partial charge in [0.1, 0.15) is 0 Å². The standard InChI is InChI=1S/C42H28.C32H29BO2.C16H11Br.H2/c1-4-13-29(14-5-1)32-23-25-36-33(27-32)19-12-22-35(36)34-24-26-39-40(28-34)42(31-17-8-3-9-18-31)38-21-11-10-20-37(38)41(39)30-15-6-2-7-16-30;1-31(2)32(3,4)35-33(34-31)24-19-20-27-28(21-24)30(23-15-9-6-10-16-23)26-18-12-11-17-25(26)29(27)22-13-7-5-8-14-22;17-16-8-4-7-14-11-13(9-10-15(14)16)12-5-2-1-3-6-12;/h1-28H;5-21H,1-4H3;1-11H;1H/i;;;1+1. The summed E-state index contributed by atoms with van der Waals surface area (Å²) in [4.78, 5) is 0. The average Bonchev–Trinajstić information content (AvgIpc) is 1.26. The molecule has 16 aromatic carbocycles. The largest absolute Gasteiger partial charge is 0.494 e. The van der Waals surface area contributed by atoms with E-state index in [2.05, 4.69) is 377 Å². The Morgan fingerprint density at radius 1 is 0.245 bits per heavy atom. The van der Waals surface area contributed by atoms with E-state index in [1.807, 2.05) is 6.07 Å². The third-order valence-electron chi connectivity index (χ3n) is 19.1. The van der Waals surface area contributed by atoms with Gasteiger partial charge in [0.15, 0.2) is 0 Å². The maximum Gasteiger partial charge on any atom is 0.494 e. The van der Waals surface area contributed by atoms with E-state index in [4.69, 9.17) is 9.31 Å². The lowest BCUT2D eigenvalue weighted by Gasteiger charge is -2.32. The van der Waals surface area contributed by atoms with Crippen LogP contribution in [0.3, 0.4) is 0 Å². The normalized spacial score (nSPS) is 13.2. The smallest absolute Gasteiger partial charge is 0.399 e. The summed E-state index contributed by atoms with van der Waals surface area (Å²) in [7, 11) is -0.403. The molecule has 4 heteroatoms. The van der Waals surface area contributed by atoms with Crippen LogP contribution in [0.25, 0.3) is 143 Å². The summed E-state index contributed by atoms with van der Waals surface area (Å²) < 4.78 is 14.0. The van der Waals surface area contributed by atoms with Crippen LogP contribution < -0.4 is 5.46 Å². The van der Waals surface area contributed by atoms with Crippen molar-refractivity contribution in [1.29, 1.82) is 0 Å². The zero-order valence-electron chi connectivity index (χ0n) is 53.1. The molecule has 17 rings (SSSR count). The number of fused-ring (bicyclic) bond motifs is 6. The van der Waals surface area contributed by atoms with Crippen LogP contribution in [0, 0.1) is 0 Å². The Morgan fingerprint density at radius 2 is 0.564 bits per heavy atom. The molecule has 0 unspecified atom stereocenters. The fourth-order valence-corrected chi connectivity index (χ4v) is 14.2. The molecule has 0 spiro atoms. The SMILES string of the molecule is Brc1cccc2cc(-c3ccccc3)ccc12.CC1(C)OB(c2ccc3c(-c4ccccc4)c4ccccc4c(-c4ccccc4)c3c2)OC1(C)C.[2HH].c1ccc(-c2ccc3c(-c4ccc5c(-c6ccccc6)c6ccccc6c(-c6ccccc6)c5c4)cccc3c2)cc1. The van der Waals surface area contributed by atoms with Crippen LogP contribution in [-0.2, 0) is 9.31 Å². The monoisotopic (exact) mass is 1270 g/mol. The van der Waals surface area contributed by atoms with Crippen molar-refractivity contribution in [2.24, 2.45) is 0 Å². The quantitative estimate of drug-likeness (QED) is 0.112. The minimum atomic E-state index is -0.403. The second-order valence-electron chi connectivity index (χ2n) is 25.4. The molecular formula is C90H70BBrO2. The summed E-state index contributed by atoms with van der Waals surface area (Å²) in [6.07, 6.45) is 0. The Bertz CT molecular complexity index is 5420. The molecule has 1 aliphatic rings. The fourth-order valence-electron chi connectivity index (χ4n) is 13.7. The predicted molar refractivity (Wildman–Crippen MR) is 408 cm³/mol. The van der Waals surface area contributed by atoms with Crippen molar-refractivity contribution in [2.75, 3.05) is 0 Å². The van der Waals surface area contributed by atoms with Crippen molar-refractivity contribution in [3.63, 3.8) is 0 Å². The summed E-state index contributed by atoms with van der Waals surface area (Å²) >= 11 is 3.58. The number of hydrogen-bond acceptors (Lipinski definition) is 2. The second-order valence-corrected chi connectivity index (χ2v) is 26.2. The van der Waals surface area contributed by atoms with Gasteiger partial charge in [0.05, 0.1) is 11.2 Å². The van der Waals surface area contributed by atoms with Gasteiger partial charge in [-0.05, 0) is 200 Å². The van der Waals surface area contributed by atoms with Crippen molar-refractivity contribution in [2.45, 2.75) is 38.9 Å². The minimum Gasteiger partial charge on any atom is -0.399 e. The van der Waals surface area contributed by atoms with Crippen LogP contribution in [0.2, 0.25) is 0 Å². The average molecular weight is 1280 g/mol. The van der Waals surface area contributed by atoms with E-state index in [0.717, 1.165) is 9.94 Å². The van der Waals surface area contributed by atoms with Gasteiger partial charge in [-0.2, -0.15) is 0 Å². The Balaban J connectivity index is 0.000000132. The number of hydrogen-bond donors (Lipinski definition) is 0. The van der Waals surface area contributed by atoms with Crippen LogP contribution in [0.1, 0.15) is 29.1 Å². The number of benzene rings is 16. The highest BCUT2D eigenvalue weighted by Gasteiger charge is 2.51. The molecule has 1 aliphatic heterocycles. The summed E-state index contributed by atoms with van der Waals surface area (Å²) in [6.45, 7) is 8.41. The lowest BCUT2D eigenvalue weighted by molar-refractivity contribution is 0.00578. The van der Waals surface area contributed by atoms with Gasteiger partial charge in [0.25, 0.3) is 0 Å². The molecule has 0 aliphatic carbocycles. The van der Waals surface area contributed by atoms with Crippen LogP contribution in [-0.4, -0.2) is 18.3 Å². The zero-order chi connectivity index (χ0) is 63.8. The van der Waals surface area contributed by atoms with Gasteiger partial charge in [-0.3, -0.25) is 0 Å². The molecule has 0 aromatic heterocycles. The van der Waals surface area contributed by atoms with Gasteiger partial charge in [0, 0.05) is 5.90 Å². The molecule has 94 heavy (non-hydrogen) atoms. The van der Waals surface area contributed by atoms with Gasteiger partial charge in [-0.15, -0.1) is 0 Å². The highest BCUT2D eigenvalue weighted by atomic mass is 79.9. The summed E-state index contributed by atoms with van der Waals surface area (Å²) in [6, 6.07) is 122. The third kappa shape index (κ3) is 11.5. The molecule has 452 valence electrons. The van der Waals surface area contributed by atoms with Crippen molar-refractivity contribution in [1.82, 2.24) is 0 Å². The fraction of sp³-hybridized carbons (Fsp3) is 0.0667. The number of rotatable bonds is 8. The van der Waals surface area contributed by atoms with Crippen LogP contribution in [0.15, 0.2) is 344 Å². The highest BCUT2D eigenvalue weighted by Crippen LogP contribution is 2.47. The van der Waals surface area contributed by atoms with Crippen LogP contribution in [0.5, 0.6) is 0 Å². The summed E-state index contributed by atoms with van der Waals surface area (Å²) in [5, 5.41) is 15.1. The molecular weight excluding hydrogens is 1200 g/mol.